The predicted molar refractivity (Wildman–Crippen MR) is 109 cm³/mol. The Morgan fingerprint density at radius 1 is 0.969 bits per heavy atom. The quantitative estimate of drug-likeness (QED) is 0.413. The molecular formula is C22H32F2O7S. The van der Waals surface area contributed by atoms with Crippen molar-refractivity contribution < 1.29 is 40.8 Å². The maximum Gasteiger partial charge on any atom is 0.465 e. The lowest BCUT2D eigenvalue weighted by molar-refractivity contribution is -0.182. The van der Waals surface area contributed by atoms with Crippen molar-refractivity contribution in [2.45, 2.75) is 82.3 Å². The Morgan fingerprint density at radius 2 is 1.56 bits per heavy atom. The first kappa shape index (κ1) is 23.9. The van der Waals surface area contributed by atoms with Crippen molar-refractivity contribution in [3.63, 3.8) is 0 Å². The van der Waals surface area contributed by atoms with Gasteiger partial charge >= 0.3 is 27.3 Å². The van der Waals surface area contributed by atoms with E-state index in [9.17, 15) is 26.8 Å². The summed E-state index contributed by atoms with van der Waals surface area (Å²) in [6.45, 7) is 0.123. The van der Waals surface area contributed by atoms with Gasteiger partial charge in [0, 0.05) is 5.41 Å². The van der Waals surface area contributed by atoms with Crippen LogP contribution in [0.4, 0.5) is 8.78 Å². The Morgan fingerprint density at radius 3 is 2.16 bits per heavy atom. The molecule has 5 saturated carbocycles. The molecule has 0 aliphatic heterocycles. The lowest BCUT2D eigenvalue weighted by Crippen LogP contribution is -2.54. The Kier molecular flexibility index (Phi) is 6.33. The summed E-state index contributed by atoms with van der Waals surface area (Å²) < 4.78 is 67.8. The van der Waals surface area contributed by atoms with Gasteiger partial charge in [-0.15, -0.1) is 0 Å². The third-order valence-corrected chi connectivity index (χ3v) is 8.91. The number of halogens is 2. The summed E-state index contributed by atoms with van der Waals surface area (Å²) in [5.74, 6) is -1.40. The highest BCUT2D eigenvalue weighted by molar-refractivity contribution is 7.87. The van der Waals surface area contributed by atoms with Gasteiger partial charge in [0.15, 0.2) is 0 Å². The van der Waals surface area contributed by atoms with E-state index >= 15 is 0 Å². The van der Waals surface area contributed by atoms with Gasteiger partial charge in [-0.05, 0) is 74.5 Å². The van der Waals surface area contributed by atoms with E-state index in [4.69, 9.17) is 14.0 Å². The van der Waals surface area contributed by atoms with E-state index in [0.29, 0.717) is 43.6 Å². The van der Waals surface area contributed by atoms with Crippen LogP contribution in [0.25, 0.3) is 0 Å². The van der Waals surface area contributed by atoms with Crippen molar-refractivity contribution in [2.75, 3.05) is 13.2 Å². The van der Waals surface area contributed by atoms with E-state index in [1.165, 1.54) is 19.3 Å². The average Bonchev–Trinajstić information content (AvgIpc) is 2.69. The monoisotopic (exact) mass is 478 g/mol. The normalized spacial score (nSPS) is 35.0. The molecule has 0 aromatic heterocycles. The summed E-state index contributed by atoms with van der Waals surface area (Å²) in [6.07, 6.45) is 10.8. The van der Waals surface area contributed by atoms with Crippen LogP contribution >= 0.6 is 0 Å². The van der Waals surface area contributed by atoms with Crippen LogP contribution in [0.2, 0.25) is 0 Å². The van der Waals surface area contributed by atoms with Gasteiger partial charge in [-0.2, -0.15) is 17.2 Å². The first-order chi connectivity index (χ1) is 14.9. The number of esters is 2. The molecule has 0 aromatic carbocycles. The van der Waals surface area contributed by atoms with Crippen LogP contribution in [-0.2, 0) is 29.2 Å². The fourth-order valence-corrected chi connectivity index (χ4v) is 7.62. The summed E-state index contributed by atoms with van der Waals surface area (Å²) in [5.41, 5.74) is -0.829. The third kappa shape index (κ3) is 4.81. The van der Waals surface area contributed by atoms with E-state index in [1.54, 1.807) is 0 Å². The van der Waals surface area contributed by atoms with Gasteiger partial charge in [0.2, 0.25) is 0 Å². The minimum Gasteiger partial charge on any atom is -0.465 e. The molecule has 1 N–H and O–H groups in total. The van der Waals surface area contributed by atoms with Crippen LogP contribution in [0, 0.1) is 28.6 Å². The first-order valence-electron chi connectivity index (χ1n) is 11.6. The van der Waals surface area contributed by atoms with Crippen LogP contribution in [0.15, 0.2) is 0 Å². The number of ether oxygens (including phenoxy) is 2. The molecule has 2 atom stereocenters. The second-order valence-electron chi connectivity index (χ2n) is 10.9. The zero-order chi connectivity index (χ0) is 23.2. The molecule has 4 bridgehead atoms. The molecule has 7 nitrogen and oxygen atoms in total. The van der Waals surface area contributed by atoms with Crippen molar-refractivity contribution in [1.82, 2.24) is 0 Å². The van der Waals surface area contributed by atoms with Gasteiger partial charge < -0.3 is 9.47 Å². The summed E-state index contributed by atoms with van der Waals surface area (Å²) in [7, 11) is -5.89. The van der Waals surface area contributed by atoms with Crippen LogP contribution in [-0.4, -0.2) is 43.4 Å². The fourth-order valence-electron chi connectivity index (χ4n) is 7.35. The highest BCUT2D eigenvalue weighted by Crippen LogP contribution is 2.66. The molecule has 0 amide bonds. The summed E-state index contributed by atoms with van der Waals surface area (Å²) in [6, 6.07) is 0. The van der Waals surface area contributed by atoms with Gasteiger partial charge in [0.1, 0.15) is 0 Å². The van der Waals surface area contributed by atoms with Crippen molar-refractivity contribution in [3.05, 3.63) is 0 Å². The minimum absolute atomic E-state index is 0.220. The molecule has 0 radical (unpaired) electrons. The number of hydrogen-bond acceptors (Lipinski definition) is 6. The number of rotatable bonds is 8. The Labute approximate surface area is 187 Å². The number of carbonyl (C=O) groups excluding carboxylic acids is 2. The minimum atomic E-state index is -5.89. The highest BCUT2D eigenvalue weighted by atomic mass is 32.2. The van der Waals surface area contributed by atoms with Gasteiger partial charge in [-0.25, -0.2) is 4.79 Å². The Bertz CT molecular complexity index is 836. The van der Waals surface area contributed by atoms with Gasteiger partial charge in [0.25, 0.3) is 0 Å². The molecule has 5 aliphatic rings. The van der Waals surface area contributed by atoms with E-state index in [0.717, 1.165) is 32.1 Å². The number of hydrogen-bond donors (Lipinski definition) is 1. The van der Waals surface area contributed by atoms with E-state index in [1.807, 2.05) is 0 Å². The molecule has 5 aliphatic carbocycles. The maximum atomic E-state index is 13.6. The summed E-state index contributed by atoms with van der Waals surface area (Å²) in [5, 5.41) is -4.99. The molecule has 2 unspecified atom stereocenters. The van der Waals surface area contributed by atoms with Crippen LogP contribution in [0.1, 0.15) is 77.0 Å². The van der Waals surface area contributed by atoms with Crippen molar-refractivity contribution in [2.24, 2.45) is 28.6 Å². The highest BCUT2D eigenvalue weighted by Gasteiger charge is 2.60. The molecule has 32 heavy (non-hydrogen) atoms. The molecule has 182 valence electrons. The van der Waals surface area contributed by atoms with E-state index in [-0.39, 0.29) is 24.4 Å². The second kappa shape index (κ2) is 8.49. The van der Waals surface area contributed by atoms with E-state index < -0.39 is 26.8 Å². The molecule has 0 heterocycles. The number of alkyl halides is 2. The zero-order valence-electron chi connectivity index (χ0n) is 18.2. The molecule has 10 heteroatoms. The summed E-state index contributed by atoms with van der Waals surface area (Å²) >= 11 is 0. The topological polar surface area (TPSA) is 107 Å². The molecule has 0 spiro atoms. The van der Waals surface area contributed by atoms with Crippen LogP contribution < -0.4 is 0 Å². The molecular weight excluding hydrogens is 446 g/mol. The molecule has 0 aromatic rings. The maximum absolute atomic E-state index is 13.6. The third-order valence-electron chi connectivity index (χ3n) is 8.10. The van der Waals surface area contributed by atoms with Crippen LogP contribution in [0.5, 0.6) is 0 Å². The SMILES string of the molecule is O=C(CC12CC3CC(CC(COC(=O)C(F)(F)S(=O)(=O)O)(C3)C1)C2)OCC1CCCCC1. The van der Waals surface area contributed by atoms with Crippen molar-refractivity contribution in [3.8, 4) is 0 Å². The van der Waals surface area contributed by atoms with Gasteiger partial charge in [0.05, 0.1) is 19.6 Å². The molecule has 5 fully saturated rings. The van der Waals surface area contributed by atoms with E-state index in [2.05, 4.69) is 0 Å². The van der Waals surface area contributed by atoms with Gasteiger partial charge in [-0.1, -0.05) is 19.3 Å². The Balaban J connectivity index is 1.38. The second-order valence-corrected chi connectivity index (χ2v) is 12.4. The predicted octanol–water partition coefficient (Wildman–Crippen LogP) is 4.11. The lowest BCUT2D eigenvalue weighted by Gasteiger charge is -2.61. The Hall–Kier alpha value is -1.29. The lowest BCUT2D eigenvalue weighted by atomic mass is 9.43. The standard InChI is InChI=1S/C22H32F2O7S/c23-22(24,32(27,28)29)19(26)31-14-21-9-16-6-17(10-21)8-20(7-16,13-21)11-18(25)30-12-15-4-2-1-3-5-15/h15-17H,1-14H2,(H,27,28,29). The summed E-state index contributed by atoms with van der Waals surface area (Å²) in [4.78, 5) is 24.4. The van der Waals surface area contributed by atoms with Crippen molar-refractivity contribution >= 4 is 22.1 Å². The van der Waals surface area contributed by atoms with Crippen LogP contribution in [0.3, 0.4) is 0 Å². The molecule has 0 saturated heterocycles. The van der Waals surface area contributed by atoms with Gasteiger partial charge in [-0.3, -0.25) is 9.35 Å². The number of carbonyl (C=O) groups is 2. The smallest absolute Gasteiger partial charge is 0.465 e. The zero-order valence-corrected chi connectivity index (χ0v) is 19.0. The largest absolute Gasteiger partial charge is 0.465 e. The fraction of sp³-hybridized carbons (Fsp3) is 0.909. The van der Waals surface area contributed by atoms with Crippen molar-refractivity contribution in [1.29, 1.82) is 0 Å². The molecule has 5 rings (SSSR count). The average molecular weight is 479 g/mol. The first-order valence-corrected chi connectivity index (χ1v) is 13.0.